The lowest BCUT2D eigenvalue weighted by molar-refractivity contribution is -0.125. The molecule has 1 saturated heterocycles. The van der Waals surface area contributed by atoms with Crippen molar-refractivity contribution in [1.29, 1.82) is 0 Å². The summed E-state index contributed by atoms with van der Waals surface area (Å²) in [5.41, 5.74) is 0. The van der Waals surface area contributed by atoms with E-state index in [0.29, 0.717) is 6.54 Å². The van der Waals surface area contributed by atoms with Crippen LogP contribution in [0.4, 0.5) is 4.79 Å². The second kappa shape index (κ2) is 3.18. The topological polar surface area (TPSA) is 49.4 Å². The fraction of sp³-hybridized carbons (Fsp3) is 0.250. The number of amides is 3. The van der Waals surface area contributed by atoms with Gasteiger partial charge in [-0.25, -0.2) is 4.79 Å². The summed E-state index contributed by atoms with van der Waals surface area (Å²) in [4.78, 5) is 24.4. The summed E-state index contributed by atoms with van der Waals surface area (Å²) in [6, 6.07) is 3.32. The molecule has 0 spiro atoms. The molecule has 2 heterocycles. The molecular formula is C8H7N2O2S. The summed E-state index contributed by atoms with van der Waals surface area (Å²) >= 11 is 1.41. The maximum absolute atomic E-state index is 11.1. The zero-order chi connectivity index (χ0) is 9.26. The molecule has 4 nitrogen and oxygen atoms in total. The van der Waals surface area contributed by atoms with E-state index in [1.54, 1.807) is 6.07 Å². The van der Waals surface area contributed by atoms with Crippen LogP contribution >= 0.6 is 11.3 Å². The lowest BCUT2D eigenvalue weighted by Gasteiger charge is -2.09. The number of rotatable bonds is 2. The molecule has 1 aromatic rings. The van der Waals surface area contributed by atoms with E-state index in [-0.39, 0.29) is 18.5 Å². The van der Waals surface area contributed by atoms with Crippen molar-refractivity contribution >= 4 is 23.3 Å². The van der Waals surface area contributed by atoms with Crippen LogP contribution in [0.15, 0.2) is 12.1 Å². The Hall–Kier alpha value is -1.36. The second-order valence-electron chi connectivity index (χ2n) is 2.66. The third-order valence-electron chi connectivity index (χ3n) is 1.78. The summed E-state index contributed by atoms with van der Waals surface area (Å²) in [6.07, 6.45) is 0. The molecule has 1 radical (unpaired) electrons. The fourth-order valence-corrected chi connectivity index (χ4v) is 1.74. The molecule has 0 aliphatic carbocycles. The van der Waals surface area contributed by atoms with Crippen LogP contribution in [0.3, 0.4) is 0 Å². The third-order valence-corrected chi connectivity index (χ3v) is 2.56. The van der Waals surface area contributed by atoms with E-state index in [9.17, 15) is 9.59 Å². The number of thiophene rings is 1. The molecule has 1 fully saturated rings. The number of carbonyl (C=O) groups excluding carboxylic acids is 2. The van der Waals surface area contributed by atoms with Crippen LogP contribution in [0, 0.1) is 5.38 Å². The van der Waals surface area contributed by atoms with Crippen LogP contribution in [0.5, 0.6) is 0 Å². The maximum atomic E-state index is 11.1. The summed E-state index contributed by atoms with van der Waals surface area (Å²) in [7, 11) is 0. The number of carbonyl (C=O) groups is 2. The van der Waals surface area contributed by atoms with Gasteiger partial charge in [-0.15, -0.1) is 11.3 Å². The zero-order valence-electron chi connectivity index (χ0n) is 6.74. The van der Waals surface area contributed by atoms with E-state index in [0.717, 1.165) is 4.88 Å². The van der Waals surface area contributed by atoms with Crippen molar-refractivity contribution in [1.82, 2.24) is 10.2 Å². The number of nitrogens with zero attached hydrogens (tertiary/aromatic N) is 1. The minimum Gasteiger partial charge on any atom is -0.329 e. The molecule has 1 N–H and O–H groups in total. The Bertz CT molecular complexity index is 318. The van der Waals surface area contributed by atoms with Gasteiger partial charge in [-0.2, -0.15) is 0 Å². The highest BCUT2D eigenvalue weighted by Gasteiger charge is 2.28. The minimum absolute atomic E-state index is 0.119. The van der Waals surface area contributed by atoms with Gasteiger partial charge >= 0.3 is 6.03 Å². The van der Waals surface area contributed by atoms with Gasteiger partial charge in [-0.05, 0) is 12.1 Å². The summed E-state index contributed by atoms with van der Waals surface area (Å²) in [5.74, 6) is -0.168. The molecule has 1 aromatic heterocycles. The number of imide groups is 1. The molecule has 0 atom stereocenters. The molecule has 3 amide bonds. The normalized spacial score (nSPS) is 16.5. The van der Waals surface area contributed by atoms with Crippen molar-refractivity contribution < 1.29 is 9.59 Å². The Morgan fingerprint density at radius 1 is 1.62 bits per heavy atom. The van der Waals surface area contributed by atoms with Crippen molar-refractivity contribution in [3.63, 3.8) is 0 Å². The van der Waals surface area contributed by atoms with Gasteiger partial charge in [0.25, 0.3) is 0 Å². The smallest absolute Gasteiger partial charge is 0.324 e. The standard InChI is InChI=1S/C8H7N2O2S/c11-7-4-9-8(12)10(7)5-6-2-1-3-13-6/h1-2H,4-5H2,(H,9,12). The van der Waals surface area contributed by atoms with Crippen LogP contribution in [-0.4, -0.2) is 23.4 Å². The number of urea groups is 1. The van der Waals surface area contributed by atoms with Crippen molar-refractivity contribution in [3.05, 3.63) is 22.4 Å². The summed E-state index contributed by atoms with van der Waals surface area (Å²) < 4.78 is 0. The van der Waals surface area contributed by atoms with Crippen LogP contribution in [0.2, 0.25) is 0 Å². The molecular weight excluding hydrogens is 188 g/mol. The molecule has 2 rings (SSSR count). The first-order valence-electron chi connectivity index (χ1n) is 3.80. The number of hydrogen-bond acceptors (Lipinski definition) is 3. The molecule has 1 aliphatic heterocycles. The van der Waals surface area contributed by atoms with E-state index < -0.39 is 0 Å². The van der Waals surface area contributed by atoms with Gasteiger partial charge in [0.1, 0.15) is 0 Å². The Morgan fingerprint density at radius 3 is 3.00 bits per heavy atom. The highest BCUT2D eigenvalue weighted by atomic mass is 32.1. The van der Waals surface area contributed by atoms with Crippen LogP contribution in [0.25, 0.3) is 0 Å². The molecule has 1 aliphatic rings. The second-order valence-corrected chi connectivity index (χ2v) is 3.62. The van der Waals surface area contributed by atoms with Gasteiger partial charge < -0.3 is 5.32 Å². The Labute approximate surface area is 79.2 Å². The molecule has 0 saturated carbocycles. The SMILES string of the molecule is O=C1CNC(=O)N1Cc1cc[c]s1. The van der Waals surface area contributed by atoms with E-state index in [2.05, 4.69) is 10.7 Å². The Balaban J connectivity index is 2.09. The number of hydrogen-bond donors (Lipinski definition) is 1. The van der Waals surface area contributed by atoms with Crippen molar-refractivity contribution in [2.24, 2.45) is 0 Å². The molecule has 5 heteroatoms. The Kier molecular flexibility index (Phi) is 2.02. The first-order chi connectivity index (χ1) is 6.27. The van der Waals surface area contributed by atoms with E-state index in [1.807, 2.05) is 6.07 Å². The van der Waals surface area contributed by atoms with Gasteiger partial charge in [0.05, 0.1) is 13.1 Å². The van der Waals surface area contributed by atoms with Crippen LogP contribution in [0.1, 0.15) is 4.88 Å². The van der Waals surface area contributed by atoms with Crippen molar-refractivity contribution in [2.45, 2.75) is 6.54 Å². The summed E-state index contributed by atoms with van der Waals surface area (Å²) in [5, 5.41) is 5.37. The highest BCUT2D eigenvalue weighted by Crippen LogP contribution is 2.12. The van der Waals surface area contributed by atoms with E-state index >= 15 is 0 Å². The molecule has 0 bridgehead atoms. The van der Waals surface area contributed by atoms with Crippen LogP contribution in [-0.2, 0) is 11.3 Å². The molecule has 0 unspecified atom stereocenters. The minimum atomic E-state index is -0.307. The quantitative estimate of drug-likeness (QED) is 0.702. The first-order valence-corrected chi connectivity index (χ1v) is 4.62. The van der Waals surface area contributed by atoms with Gasteiger partial charge in [-0.3, -0.25) is 9.69 Å². The van der Waals surface area contributed by atoms with Gasteiger partial charge in [0.2, 0.25) is 5.91 Å². The van der Waals surface area contributed by atoms with Crippen molar-refractivity contribution in [2.75, 3.05) is 6.54 Å². The zero-order valence-corrected chi connectivity index (χ0v) is 7.56. The molecule has 13 heavy (non-hydrogen) atoms. The average Bonchev–Trinajstić information content (AvgIpc) is 2.70. The lowest BCUT2D eigenvalue weighted by atomic mass is 10.4. The van der Waals surface area contributed by atoms with Crippen molar-refractivity contribution in [3.8, 4) is 0 Å². The molecule has 0 aromatic carbocycles. The third kappa shape index (κ3) is 1.55. The van der Waals surface area contributed by atoms with E-state index in [4.69, 9.17) is 0 Å². The van der Waals surface area contributed by atoms with E-state index in [1.165, 1.54) is 16.2 Å². The number of nitrogens with one attached hydrogen (secondary N) is 1. The monoisotopic (exact) mass is 195 g/mol. The lowest BCUT2D eigenvalue weighted by Crippen LogP contribution is -2.29. The molecule has 67 valence electrons. The fourth-order valence-electron chi connectivity index (χ4n) is 1.13. The highest BCUT2D eigenvalue weighted by molar-refractivity contribution is 7.09. The average molecular weight is 195 g/mol. The predicted octanol–water partition coefficient (Wildman–Crippen LogP) is 0.600. The first kappa shape index (κ1) is 8.25. The summed E-state index contributed by atoms with van der Waals surface area (Å²) in [6.45, 7) is 0.479. The largest absolute Gasteiger partial charge is 0.329 e. The van der Waals surface area contributed by atoms with Gasteiger partial charge in [0, 0.05) is 10.3 Å². The Morgan fingerprint density at radius 2 is 2.46 bits per heavy atom. The predicted molar refractivity (Wildman–Crippen MR) is 47.1 cm³/mol. The maximum Gasteiger partial charge on any atom is 0.324 e. The van der Waals surface area contributed by atoms with Gasteiger partial charge in [-0.1, -0.05) is 0 Å². The van der Waals surface area contributed by atoms with Crippen LogP contribution < -0.4 is 5.32 Å². The van der Waals surface area contributed by atoms with Gasteiger partial charge in [0.15, 0.2) is 0 Å².